The first kappa shape index (κ1) is 13.9. The number of likely N-dealkylation sites (N-methyl/N-ethyl adjacent to an activating group) is 2. The zero-order chi connectivity index (χ0) is 11.8. The minimum Gasteiger partial charge on any atom is -0.383 e. The molecule has 0 saturated carbocycles. The van der Waals surface area contributed by atoms with Gasteiger partial charge < -0.3 is 19.7 Å². The molecule has 1 rings (SSSR count). The molecule has 0 aromatic rings. The fraction of sp³-hybridized carbons (Fsp3) is 1.00. The molecular formula is C12H26N2O2. The van der Waals surface area contributed by atoms with Crippen LogP contribution < -0.4 is 5.32 Å². The topological polar surface area (TPSA) is 33.7 Å². The molecule has 16 heavy (non-hydrogen) atoms. The maximum Gasteiger partial charge on any atom is 0.0702 e. The van der Waals surface area contributed by atoms with Crippen LogP contribution >= 0.6 is 0 Å². The van der Waals surface area contributed by atoms with Gasteiger partial charge in [-0.05, 0) is 26.4 Å². The van der Waals surface area contributed by atoms with Crippen LogP contribution in [0.1, 0.15) is 19.8 Å². The van der Waals surface area contributed by atoms with E-state index in [0.717, 1.165) is 32.8 Å². The number of methoxy groups -OCH3 is 1. The number of hydrogen-bond acceptors (Lipinski definition) is 4. The van der Waals surface area contributed by atoms with Gasteiger partial charge in [0.1, 0.15) is 0 Å². The Morgan fingerprint density at radius 3 is 2.94 bits per heavy atom. The summed E-state index contributed by atoms with van der Waals surface area (Å²) in [5.74, 6) is 0. The van der Waals surface area contributed by atoms with Crippen molar-refractivity contribution < 1.29 is 9.47 Å². The van der Waals surface area contributed by atoms with Crippen molar-refractivity contribution in [1.29, 1.82) is 0 Å². The van der Waals surface area contributed by atoms with E-state index >= 15 is 0 Å². The van der Waals surface area contributed by atoms with Gasteiger partial charge in [0.2, 0.25) is 0 Å². The smallest absolute Gasteiger partial charge is 0.0702 e. The van der Waals surface area contributed by atoms with Crippen LogP contribution in [0.2, 0.25) is 0 Å². The molecule has 1 saturated heterocycles. The molecule has 1 aliphatic heterocycles. The Balaban J connectivity index is 2.20. The van der Waals surface area contributed by atoms with Crippen LogP contribution in [0, 0.1) is 0 Å². The van der Waals surface area contributed by atoms with Crippen LogP contribution in [-0.2, 0) is 9.47 Å². The second-order valence-corrected chi connectivity index (χ2v) is 4.57. The molecule has 0 bridgehead atoms. The van der Waals surface area contributed by atoms with Gasteiger partial charge in [0.15, 0.2) is 0 Å². The van der Waals surface area contributed by atoms with Gasteiger partial charge in [-0.3, -0.25) is 0 Å². The van der Waals surface area contributed by atoms with Gasteiger partial charge in [0, 0.05) is 32.8 Å². The molecule has 2 unspecified atom stereocenters. The summed E-state index contributed by atoms with van der Waals surface area (Å²) in [5.41, 5.74) is 0. The number of hydrogen-bond donors (Lipinski definition) is 1. The molecule has 0 aromatic heterocycles. The number of nitrogens with zero attached hydrogens (tertiary/aromatic N) is 1. The molecule has 4 heteroatoms. The third-order valence-electron chi connectivity index (χ3n) is 2.93. The highest BCUT2D eigenvalue weighted by atomic mass is 16.5. The second kappa shape index (κ2) is 8.01. The van der Waals surface area contributed by atoms with Gasteiger partial charge in [-0.1, -0.05) is 6.92 Å². The molecule has 1 heterocycles. The lowest BCUT2D eigenvalue weighted by Crippen LogP contribution is -2.44. The van der Waals surface area contributed by atoms with Crippen LogP contribution in [0.3, 0.4) is 0 Å². The van der Waals surface area contributed by atoms with E-state index in [-0.39, 0.29) is 0 Å². The lowest BCUT2D eigenvalue weighted by molar-refractivity contribution is 0.0724. The van der Waals surface area contributed by atoms with Gasteiger partial charge in [-0.25, -0.2) is 0 Å². The minimum atomic E-state index is 0.418. The molecule has 0 aromatic carbocycles. The maximum atomic E-state index is 5.63. The largest absolute Gasteiger partial charge is 0.383 e. The van der Waals surface area contributed by atoms with Gasteiger partial charge in [-0.15, -0.1) is 0 Å². The third-order valence-corrected chi connectivity index (χ3v) is 2.93. The van der Waals surface area contributed by atoms with Crippen LogP contribution in [0.25, 0.3) is 0 Å². The molecule has 1 N–H and O–H groups in total. The summed E-state index contributed by atoms with van der Waals surface area (Å²) in [4.78, 5) is 2.34. The molecule has 96 valence electrons. The highest BCUT2D eigenvalue weighted by molar-refractivity contribution is 4.73. The summed E-state index contributed by atoms with van der Waals surface area (Å²) >= 11 is 0. The highest BCUT2D eigenvalue weighted by Gasteiger charge is 2.19. The quantitative estimate of drug-likeness (QED) is 0.666. The van der Waals surface area contributed by atoms with E-state index in [0.29, 0.717) is 12.1 Å². The summed E-state index contributed by atoms with van der Waals surface area (Å²) in [7, 11) is 3.91. The van der Waals surface area contributed by atoms with Crippen molar-refractivity contribution >= 4 is 0 Å². The van der Waals surface area contributed by atoms with E-state index in [4.69, 9.17) is 9.47 Å². The van der Waals surface area contributed by atoms with Crippen LogP contribution in [0.15, 0.2) is 0 Å². The Bertz CT molecular complexity index is 166. The Labute approximate surface area is 99.3 Å². The average Bonchev–Trinajstić information content (AvgIpc) is 2.71. The monoisotopic (exact) mass is 230 g/mol. The molecule has 0 radical (unpaired) electrons. The number of rotatable bonds is 8. The van der Waals surface area contributed by atoms with E-state index in [1.807, 2.05) is 0 Å². The summed E-state index contributed by atoms with van der Waals surface area (Å²) < 4.78 is 10.8. The van der Waals surface area contributed by atoms with Crippen molar-refractivity contribution in [3.63, 3.8) is 0 Å². The lowest BCUT2D eigenvalue weighted by Gasteiger charge is -2.26. The molecular weight excluding hydrogens is 204 g/mol. The van der Waals surface area contributed by atoms with Crippen LogP contribution in [-0.4, -0.2) is 64.1 Å². The van der Waals surface area contributed by atoms with Crippen molar-refractivity contribution in [3.05, 3.63) is 0 Å². The van der Waals surface area contributed by atoms with E-state index in [9.17, 15) is 0 Å². The van der Waals surface area contributed by atoms with Crippen molar-refractivity contribution in [1.82, 2.24) is 10.2 Å². The van der Waals surface area contributed by atoms with Gasteiger partial charge in [-0.2, -0.15) is 0 Å². The summed E-state index contributed by atoms with van der Waals surface area (Å²) in [6.07, 6.45) is 2.86. The number of nitrogens with one attached hydrogen (secondary N) is 1. The zero-order valence-electron chi connectivity index (χ0n) is 10.9. The Hall–Kier alpha value is -0.160. The van der Waals surface area contributed by atoms with Crippen LogP contribution in [0.5, 0.6) is 0 Å². The van der Waals surface area contributed by atoms with Gasteiger partial charge in [0.05, 0.1) is 12.7 Å². The van der Waals surface area contributed by atoms with E-state index < -0.39 is 0 Å². The normalized spacial score (nSPS) is 22.9. The van der Waals surface area contributed by atoms with Crippen molar-refractivity contribution in [2.45, 2.75) is 31.9 Å². The lowest BCUT2D eigenvalue weighted by atomic mass is 10.2. The van der Waals surface area contributed by atoms with Crippen molar-refractivity contribution in [2.75, 3.05) is 47.0 Å². The molecule has 0 spiro atoms. The first-order chi connectivity index (χ1) is 7.76. The predicted octanol–water partition coefficient (Wildman–Crippen LogP) is 0.722. The molecule has 2 atom stereocenters. The molecule has 4 nitrogen and oxygen atoms in total. The Morgan fingerprint density at radius 1 is 1.56 bits per heavy atom. The van der Waals surface area contributed by atoms with E-state index in [1.54, 1.807) is 7.11 Å². The SMILES string of the molecule is CCNC(COC)CN(C)CC1CCCO1. The standard InChI is InChI=1S/C12H26N2O2/c1-4-13-11(10-15-3)8-14(2)9-12-6-5-7-16-12/h11-13H,4-10H2,1-3H3. The average molecular weight is 230 g/mol. The van der Waals surface area contributed by atoms with Gasteiger partial charge >= 0.3 is 0 Å². The van der Waals surface area contributed by atoms with Gasteiger partial charge in [0.25, 0.3) is 0 Å². The van der Waals surface area contributed by atoms with Crippen molar-refractivity contribution in [2.24, 2.45) is 0 Å². The van der Waals surface area contributed by atoms with E-state index in [1.165, 1.54) is 12.8 Å². The van der Waals surface area contributed by atoms with Crippen molar-refractivity contribution in [3.8, 4) is 0 Å². The fourth-order valence-corrected chi connectivity index (χ4v) is 2.25. The summed E-state index contributed by atoms with van der Waals surface area (Å²) in [5, 5.41) is 3.43. The Morgan fingerprint density at radius 2 is 2.38 bits per heavy atom. The number of ether oxygens (including phenoxy) is 2. The first-order valence-electron chi connectivity index (χ1n) is 6.28. The first-order valence-corrected chi connectivity index (χ1v) is 6.28. The zero-order valence-corrected chi connectivity index (χ0v) is 10.9. The molecule has 1 aliphatic rings. The minimum absolute atomic E-state index is 0.418. The second-order valence-electron chi connectivity index (χ2n) is 4.57. The highest BCUT2D eigenvalue weighted by Crippen LogP contribution is 2.12. The van der Waals surface area contributed by atoms with E-state index in [2.05, 4.69) is 24.2 Å². The fourth-order valence-electron chi connectivity index (χ4n) is 2.25. The summed E-state index contributed by atoms with van der Waals surface area (Å²) in [6.45, 7) is 6.87. The molecule has 1 fully saturated rings. The molecule has 0 amide bonds. The maximum absolute atomic E-state index is 5.63. The summed E-state index contributed by atoms with van der Waals surface area (Å²) in [6, 6.07) is 0.418. The third kappa shape index (κ3) is 5.25. The Kier molecular flexibility index (Phi) is 6.96. The molecule has 0 aliphatic carbocycles. The van der Waals surface area contributed by atoms with Crippen LogP contribution in [0.4, 0.5) is 0 Å². The predicted molar refractivity (Wildman–Crippen MR) is 65.8 cm³/mol.